The number of benzene rings is 1. The first kappa shape index (κ1) is 14.7. The van der Waals surface area contributed by atoms with Crippen molar-refractivity contribution in [2.75, 3.05) is 5.75 Å². The quantitative estimate of drug-likeness (QED) is 0.846. The zero-order valence-corrected chi connectivity index (χ0v) is 12.7. The van der Waals surface area contributed by atoms with E-state index in [-0.39, 0.29) is 0 Å². The maximum absolute atomic E-state index is 10.2. The standard InChI is InChI=1S/C13H14Cl2N2OS/c1-2-17-13(11(15)7-16-17)12(18)8-19-10-5-3-9(14)4-6-10/h3-7,12,18H,2,8H2,1H3. The lowest BCUT2D eigenvalue weighted by Crippen LogP contribution is -2.10. The van der Waals surface area contributed by atoms with Crippen LogP contribution >= 0.6 is 35.0 Å². The second-order valence-electron chi connectivity index (χ2n) is 3.97. The van der Waals surface area contributed by atoms with Crippen molar-refractivity contribution in [2.45, 2.75) is 24.5 Å². The molecule has 1 heterocycles. The summed E-state index contributed by atoms with van der Waals surface area (Å²) in [5.74, 6) is 0.521. The lowest BCUT2D eigenvalue weighted by Gasteiger charge is -2.12. The van der Waals surface area contributed by atoms with E-state index in [0.29, 0.717) is 28.0 Å². The Kier molecular flexibility index (Phi) is 5.16. The summed E-state index contributed by atoms with van der Waals surface area (Å²) >= 11 is 13.4. The molecule has 0 spiro atoms. The number of aliphatic hydroxyl groups excluding tert-OH is 1. The van der Waals surface area contributed by atoms with Gasteiger partial charge in [0.25, 0.3) is 0 Å². The number of halogens is 2. The molecule has 0 bridgehead atoms. The highest BCUT2D eigenvalue weighted by atomic mass is 35.5. The first-order valence-corrected chi connectivity index (χ1v) is 7.63. The van der Waals surface area contributed by atoms with Crippen molar-refractivity contribution in [3.05, 3.63) is 46.2 Å². The third kappa shape index (κ3) is 3.66. The van der Waals surface area contributed by atoms with Gasteiger partial charge in [-0.3, -0.25) is 4.68 Å². The Morgan fingerprint density at radius 1 is 1.32 bits per heavy atom. The number of aromatic nitrogens is 2. The molecule has 1 aromatic carbocycles. The monoisotopic (exact) mass is 316 g/mol. The summed E-state index contributed by atoms with van der Waals surface area (Å²) in [5, 5.41) is 15.6. The smallest absolute Gasteiger partial charge is 0.106 e. The molecule has 1 aromatic heterocycles. The lowest BCUT2D eigenvalue weighted by atomic mass is 10.3. The van der Waals surface area contributed by atoms with Crippen LogP contribution in [-0.2, 0) is 6.54 Å². The summed E-state index contributed by atoms with van der Waals surface area (Å²) < 4.78 is 1.72. The van der Waals surface area contributed by atoms with E-state index in [2.05, 4.69) is 5.10 Å². The van der Waals surface area contributed by atoms with Crippen LogP contribution in [0.15, 0.2) is 35.4 Å². The molecule has 3 nitrogen and oxygen atoms in total. The summed E-state index contributed by atoms with van der Waals surface area (Å²) in [6.07, 6.45) is 0.923. The third-order valence-corrected chi connectivity index (χ3v) is 4.30. The fraction of sp³-hybridized carbons (Fsp3) is 0.308. The Morgan fingerprint density at radius 2 is 2.00 bits per heavy atom. The third-order valence-electron chi connectivity index (χ3n) is 2.67. The predicted octanol–water partition coefficient (Wildman–Crippen LogP) is 4.04. The molecule has 0 saturated carbocycles. The molecule has 102 valence electrons. The summed E-state index contributed by atoms with van der Waals surface area (Å²) in [6, 6.07) is 7.52. The topological polar surface area (TPSA) is 38.0 Å². The SMILES string of the molecule is CCn1ncc(Cl)c1C(O)CSc1ccc(Cl)cc1. The second kappa shape index (κ2) is 6.66. The van der Waals surface area contributed by atoms with Crippen LogP contribution in [0.25, 0.3) is 0 Å². The van der Waals surface area contributed by atoms with Crippen LogP contribution in [0, 0.1) is 0 Å². The maximum atomic E-state index is 10.2. The molecule has 0 saturated heterocycles. The highest BCUT2D eigenvalue weighted by Gasteiger charge is 2.17. The summed E-state index contributed by atoms with van der Waals surface area (Å²) in [7, 11) is 0. The molecule has 0 aliphatic heterocycles. The minimum absolute atomic E-state index is 0.506. The fourth-order valence-corrected chi connectivity index (χ4v) is 2.97. The van der Waals surface area contributed by atoms with Gasteiger partial charge in [0, 0.05) is 22.2 Å². The number of thioether (sulfide) groups is 1. The number of hydrogen-bond acceptors (Lipinski definition) is 3. The Balaban J connectivity index is 2.03. The average Bonchev–Trinajstić information content (AvgIpc) is 2.79. The van der Waals surface area contributed by atoms with Crippen LogP contribution < -0.4 is 0 Å². The van der Waals surface area contributed by atoms with Gasteiger partial charge in [-0.15, -0.1) is 11.8 Å². The molecular weight excluding hydrogens is 303 g/mol. The molecule has 0 aliphatic carbocycles. The minimum Gasteiger partial charge on any atom is -0.386 e. The van der Waals surface area contributed by atoms with E-state index in [1.165, 1.54) is 0 Å². The number of rotatable bonds is 5. The predicted molar refractivity (Wildman–Crippen MR) is 80.0 cm³/mol. The lowest BCUT2D eigenvalue weighted by molar-refractivity contribution is 0.192. The Morgan fingerprint density at radius 3 is 2.63 bits per heavy atom. The first-order valence-electron chi connectivity index (χ1n) is 5.89. The van der Waals surface area contributed by atoms with E-state index in [0.717, 1.165) is 4.90 Å². The molecule has 2 aromatic rings. The molecule has 6 heteroatoms. The van der Waals surface area contributed by atoms with Crippen LogP contribution in [-0.4, -0.2) is 20.6 Å². The Hall–Kier alpha value is -0.680. The Labute approximate surface area is 126 Å². The van der Waals surface area contributed by atoms with Gasteiger partial charge in [-0.2, -0.15) is 5.10 Å². The van der Waals surface area contributed by atoms with Crippen LogP contribution in [0.2, 0.25) is 10.0 Å². The molecular formula is C13H14Cl2N2OS. The van der Waals surface area contributed by atoms with Gasteiger partial charge in [0.05, 0.1) is 16.9 Å². The molecule has 0 aliphatic rings. The number of aryl methyl sites for hydroxylation is 1. The average molecular weight is 317 g/mol. The normalized spacial score (nSPS) is 12.6. The number of hydrogen-bond donors (Lipinski definition) is 1. The van der Waals surface area contributed by atoms with Gasteiger partial charge in [0.1, 0.15) is 6.10 Å². The van der Waals surface area contributed by atoms with Crippen molar-refractivity contribution in [3.63, 3.8) is 0 Å². The molecule has 19 heavy (non-hydrogen) atoms. The molecule has 0 fully saturated rings. The second-order valence-corrected chi connectivity index (χ2v) is 5.91. The molecule has 1 unspecified atom stereocenters. The van der Waals surface area contributed by atoms with Gasteiger partial charge in [0.15, 0.2) is 0 Å². The fourth-order valence-electron chi connectivity index (χ4n) is 1.74. The molecule has 1 N–H and O–H groups in total. The van der Waals surface area contributed by atoms with Gasteiger partial charge in [-0.05, 0) is 31.2 Å². The van der Waals surface area contributed by atoms with E-state index >= 15 is 0 Å². The molecule has 1 atom stereocenters. The van der Waals surface area contributed by atoms with E-state index in [1.807, 2.05) is 31.2 Å². The summed E-state index contributed by atoms with van der Waals surface area (Å²) in [5.41, 5.74) is 0.672. The number of nitrogens with zero attached hydrogens (tertiary/aromatic N) is 2. The molecule has 2 rings (SSSR count). The van der Waals surface area contributed by atoms with Crippen molar-refractivity contribution in [3.8, 4) is 0 Å². The largest absolute Gasteiger partial charge is 0.386 e. The van der Waals surface area contributed by atoms with E-state index in [9.17, 15) is 5.11 Å². The van der Waals surface area contributed by atoms with E-state index in [4.69, 9.17) is 23.2 Å². The van der Waals surface area contributed by atoms with Gasteiger partial charge < -0.3 is 5.11 Å². The van der Waals surface area contributed by atoms with E-state index in [1.54, 1.807) is 22.6 Å². The van der Waals surface area contributed by atoms with Crippen molar-refractivity contribution < 1.29 is 5.11 Å². The first-order chi connectivity index (χ1) is 9.11. The highest BCUT2D eigenvalue weighted by Crippen LogP contribution is 2.29. The summed E-state index contributed by atoms with van der Waals surface area (Å²) in [6.45, 7) is 2.65. The number of aliphatic hydroxyl groups is 1. The van der Waals surface area contributed by atoms with Gasteiger partial charge in [0.2, 0.25) is 0 Å². The van der Waals surface area contributed by atoms with Crippen molar-refractivity contribution >= 4 is 35.0 Å². The van der Waals surface area contributed by atoms with Crippen molar-refractivity contribution in [1.82, 2.24) is 9.78 Å². The van der Waals surface area contributed by atoms with Crippen molar-refractivity contribution in [2.24, 2.45) is 0 Å². The van der Waals surface area contributed by atoms with Gasteiger partial charge >= 0.3 is 0 Å². The van der Waals surface area contributed by atoms with E-state index < -0.39 is 6.10 Å². The Bertz CT molecular complexity index is 542. The highest BCUT2D eigenvalue weighted by molar-refractivity contribution is 7.99. The van der Waals surface area contributed by atoms with Crippen LogP contribution in [0.1, 0.15) is 18.7 Å². The van der Waals surface area contributed by atoms with Crippen molar-refractivity contribution in [1.29, 1.82) is 0 Å². The molecule has 0 radical (unpaired) electrons. The zero-order chi connectivity index (χ0) is 13.8. The van der Waals surface area contributed by atoms with Crippen LogP contribution in [0.4, 0.5) is 0 Å². The minimum atomic E-state index is -0.643. The maximum Gasteiger partial charge on any atom is 0.106 e. The van der Waals surface area contributed by atoms with Gasteiger partial charge in [-0.25, -0.2) is 0 Å². The van der Waals surface area contributed by atoms with Crippen LogP contribution in [0.3, 0.4) is 0 Å². The van der Waals surface area contributed by atoms with Gasteiger partial charge in [-0.1, -0.05) is 23.2 Å². The van der Waals surface area contributed by atoms with Crippen LogP contribution in [0.5, 0.6) is 0 Å². The molecule has 0 amide bonds. The zero-order valence-electron chi connectivity index (χ0n) is 10.4. The summed E-state index contributed by atoms with van der Waals surface area (Å²) in [4.78, 5) is 1.06.